The Morgan fingerprint density at radius 2 is 1.65 bits per heavy atom. The van der Waals surface area contributed by atoms with Crippen molar-refractivity contribution in [2.45, 2.75) is 112 Å². The summed E-state index contributed by atoms with van der Waals surface area (Å²) in [6, 6.07) is 16.0. The summed E-state index contributed by atoms with van der Waals surface area (Å²) in [4.78, 5) is 59.0. The van der Waals surface area contributed by atoms with E-state index < -0.39 is 72.9 Å². The van der Waals surface area contributed by atoms with Crippen LogP contribution in [0.1, 0.15) is 84.1 Å². The second kappa shape index (κ2) is 15.6. The molecule has 2 aliphatic carbocycles. The lowest BCUT2D eigenvalue weighted by Crippen LogP contribution is -2.60. The smallest absolute Gasteiger partial charge is 0.408 e. The molecular formula is C41H52N4O7S2. The number of allylic oxidation sites excluding steroid dienone is 1. The zero-order valence-electron chi connectivity index (χ0n) is 31.3. The molecule has 4 aliphatic rings. The Hall–Kier alpha value is -4.10. The van der Waals surface area contributed by atoms with E-state index in [1.807, 2.05) is 54.6 Å². The molecule has 0 radical (unpaired) electrons. The van der Waals surface area contributed by atoms with Gasteiger partial charge < -0.3 is 15.3 Å². The molecule has 4 amide bonds. The van der Waals surface area contributed by atoms with Crippen LogP contribution in [0.2, 0.25) is 0 Å². The second-order valence-electron chi connectivity index (χ2n) is 16.1. The lowest BCUT2D eigenvalue weighted by molar-refractivity contribution is -0.144. The average Bonchev–Trinajstić information content (AvgIpc) is 4.06. The highest BCUT2D eigenvalue weighted by atomic mass is 32.2. The fourth-order valence-electron chi connectivity index (χ4n) is 7.96. The average molecular weight is 777 g/mol. The second-order valence-corrected chi connectivity index (χ2v) is 19.4. The Kier molecular flexibility index (Phi) is 11.4. The quantitative estimate of drug-likeness (QED) is 0.254. The van der Waals surface area contributed by atoms with Gasteiger partial charge in [-0.1, -0.05) is 85.7 Å². The number of hydrogen-bond donors (Lipinski definition) is 3. The molecule has 3 N–H and O–H groups in total. The highest BCUT2D eigenvalue weighted by Gasteiger charge is 2.62. The number of carbonyl (C=O) groups is 4. The molecule has 2 saturated carbocycles. The zero-order valence-corrected chi connectivity index (χ0v) is 33.0. The maximum absolute atomic E-state index is 15.0. The SMILES string of the molecule is C=C[C@@H]1C[C@]1(NC(=O)[C@@H]1C[C@@]2(c3ccc(-c4ccccc4)cc3)CN1C(=O)[C@@H](N(C(=O)O)C(C)(C)C)CCCCC/C=C\CS2)C(=O)NS(=O)(=O)C1CC1. The molecular weight excluding hydrogens is 725 g/mol. The molecule has 2 heterocycles. The number of carbonyl (C=O) groups excluding carboxylic acids is 3. The summed E-state index contributed by atoms with van der Waals surface area (Å²) in [6.45, 7) is 9.22. The fraction of sp³-hybridized carbons (Fsp3) is 0.512. The number of fused-ring (bicyclic) bond motifs is 2. The molecule has 1 saturated heterocycles. The van der Waals surface area contributed by atoms with Crippen molar-refractivity contribution in [2.24, 2.45) is 5.92 Å². The predicted molar refractivity (Wildman–Crippen MR) is 211 cm³/mol. The van der Waals surface area contributed by atoms with E-state index in [2.05, 4.69) is 28.8 Å². The molecule has 2 aromatic carbocycles. The summed E-state index contributed by atoms with van der Waals surface area (Å²) < 4.78 is 27.1. The van der Waals surface area contributed by atoms with E-state index in [1.165, 1.54) is 15.9 Å². The lowest BCUT2D eigenvalue weighted by Gasteiger charge is -2.41. The molecule has 3 fully saturated rings. The van der Waals surface area contributed by atoms with Crippen molar-refractivity contribution in [3.8, 4) is 11.1 Å². The van der Waals surface area contributed by atoms with Crippen LogP contribution < -0.4 is 10.0 Å². The van der Waals surface area contributed by atoms with E-state index >= 15 is 4.79 Å². The van der Waals surface area contributed by atoms with Crippen molar-refractivity contribution in [1.29, 1.82) is 0 Å². The van der Waals surface area contributed by atoms with Crippen LogP contribution >= 0.6 is 11.8 Å². The summed E-state index contributed by atoms with van der Waals surface area (Å²) in [5.74, 6) is -1.76. The Bertz CT molecular complexity index is 1890. The number of thioether (sulfide) groups is 1. The van der Waals surface area contributed by atoms with E-state index in [4.69, 9.17) is 0 Å². The number of amides is 4. The zero-order chi connectivity index (χ0) is 38.9. The van der Waals surface area contributed by atoms with E-state index in [1.54, 1.807) is 32.5 Å². The number of benzene rings is 2. The van der Waals surface area contributed by atoms with Gasteiger partial charge in [0.05, 0.1) is 10.00 Å². The molecule has 2 bridgehead atoms. The molecule has 2 aliphatic heterocycles. The van der Waals surface area contributed by atoms with Gasteiger partial charge in [-0.25, -0.2) is 13.2 Å². The van der Waals surface area contributed by atoms with Gasteiger partial charge >= 0.3 is 6.09 Å². The standard InChI is InChI=1S/C41H52N4O7S2/c1-5-30-25-41(30,37(48)43-54(51,52)32-22-23-32)42-35(46)34-26-40(31-20-18-29(19-21-31)28-15-11-10-12-16-28)27-44(34)36(47)33(45(38(49)50)39(2,3)4)17-13-8-6-7-9-14-24-53-40/h5,9-12,14-16,18-21,30,32-34H,1,6-8,13,17,22-27H2,2-4H3,(H,42,46)(H,43,48)(H,49,50)/b14-9-/t30-,33+,34+,40+,41-/m1/s1. The molecule has 290 valence electrons. The first-order valence-electron chi connectivity index (χ1n) is 18.9. The number of sulfonamides is 1. The maximum Gasteiger partial charge on any atom is 0.408 e. The van der Waals surface area contributed by atoms with Crippen LogP contribution in [-0.4, -0.2) is 87.8 Å². The number of hydrogen-bond acceptors (Lipinski definition) is 7. The maximum atomic E-state index is 15.0. The van der Waals surface area contributed by atoms with Crippen molar-refractivity contribution in [3.63, 3.8) is 0 Å². The molecule has 0 spiro atoms. The Balaban J connectivity index is 1.41. The highest BCUT2D eigenvalue weighted by Crippen LogP contribution is 2.50. The van der Waals surface area contributed by atoms with Crippen LogP contribution in [0.15, 0.2) is 79.4 Å². The van der Waals surface area contributed by atoms with Crippen LogP contribution in [0.4, 0.5) is 4.79 Å². The molecule has 6 rings (SSSR count). The van der Waals surface area contributed by atoms with Crippen LogP contribution in [0.3, 0.4) is 0 Å². The lowest BCUT2D eigenvalue weighted by atomic mass is 9.93. The number of rotatable bonds is 9. The molecule has 13 heteroatoms. The highest BCUT2D eigenvalue weighted by molar-refractivity contribution is 8.00. The van der Waals surface area contributed by atoms with Crippen molar-refractivity contribution < 1.29 is 32.7 Å². The predicted octanol–water partition coefficient (Wildman–Crippen LogP) is 6.22. The van der Waals surface area contributed by atoms with Gasteiger partial charge in [0.25, 0.3) is 5.91 Å². The molecule has 0 unspecified atom stereocenters. The van der Waals surface area contributed by atoms with Gasteiger partial charge in [-0.15, -0.1) is 18.3 Å². The van der Waals surface area contributed by atoms with E-state index in [0.717, 1.165) is 36.0 Å². The van der Waals surface area contributed by atoms with Gasteiger partial charge in [-0.2, -0.15) is 0 Å². The van der Waals surface area contributed by atoms with Crippen LogP contribution in [0.25, 0.3) is 11.1 Å². The van der Waals surface area contributed by atoms with E-state index in [-0.39, 0.29) is 25.8 Å². The Morgan fingerprint density at radius 1 is 0.963 bits per heavy atom. The van der Waals surface area contributed by atoms with Crippen LogP contribution in [-0.2, 0) is 29.2 Å². The molecule has 54 heavy (non-hydrogen) atoms. The summed E-state index contributed by atoms with van der Waals surface area (Å²) in [6.07, 6.45) is 9.38. The Labute approximate surface area is 323 Å². The van der Waals surface area contributed by atoms with Crippen molar-refractivity contribution in [2.75, 3.05) is 12.3 Å². The largest absolute Gasteiger partial charge is 0.465 e. The topological polar surface area (TPSA) is 153 Å². The van der Waals surface area contributed by atoms with Crippen LogP contribution in [0.5, 0.6) is 0 Å². The monoisotopic (exact) mass is 776 g/mol. The van der Waals surface area contributed by atoms with Gasteiger partial charge in [0.1, 0.15) is 17.6 Å². The van der Waals surface area contributed by atoms with Crippen molar-refractivity contribution in [3.05, 3.63) is 85.0 Å². The molecule has 0 aromatic heterocycles. The minimum Gasteiger partial charge on any atom is -0.465 e. The van der Waals surface area contributed by atoms with E-state index in [0.29, 0.717) is 25.0 Å². The summed E-state index contributed by atoms with van der Waals surface area (Å²) in [5.41, 5.74) is 0.530. The normalized spacial score (nSPS) is 28.3. The first kappa shape index (κ1) is 39.6. The summed E-state index contributed by atoms with van der Waals surface area (Å²) >= 11 is 1.63. The van der Waals surface area contributed by atoms with Gasteiger partial charge in [-0.3, -0.25) is 24.0 Å². The molecule has 2 aromatic rings. The van der Waals surface area contributed by atoms with Crippen LogP contribution in [0, 0.1) is 5.92 Å². The van der Waals surface area contributed by atoms with Gasteiger partial charge in [0.2, 0.25) is 21.8 Å². The van der Waals surface area contributed by atoms with Gasteiger partial charge in [0.15, 0.2) is 0 Å². The number of carboxylic acid groups (broad SMARTS) is 1. The molecule has 11 nitrogen and oxygen atoms in total. The first-order valence-corrected chi connectivity index (χ1v) is 21.4. The van der Waals surface area contributed by atoms with Gasteiger partial charge in [0, 0.05) is 23.8 Å². The third-order valence-electron chi connectivity index (χ3n) is 11.2. The van der Waals surface area contributed by atoms with Gasteiger partial charge in [-0.05, 0) is 82.4 Å². The Morgan fingerprint density at radius 3 is 2.26 bits per heavy atom. The molecule has 5 atom stereocenters. The van der Waals surface area contributed by atoms with E-state index in [9.17, 15) is 27.9 Å². The minimum atomic E-state index is -3.90. The summed E-state index contributed by atoms with van der Waals surface area (Å²) in [5, 5.41) is 12.8. The van der Waals surface area contributed by atoms with Crippen molar-refractivity contribution in [1.82, 2.24) is 19.8 Å². The first-order chi connectivity index (χ1) is 25.6. The number of nitrogens with one attached hydrogen (secondary N) is 2. The van der Waals surface area contributed by atoms with Crippen molar-refractivity contribution >= 4 is 45.6 Å². The number of nitrogens with zero attached hydrogens (tertiary/aromatic N) is 2. The minimum absolute atomic E-state index is 0.126. The fourth-order valence-corrected chi connectivity index (χ4v) is 10.7. The summed E-state index contributed by atoms with van der Waals surface area (Å²) in [7, 11) is -3.90. The third-order valence-corrected chi connectivity index (χ3v) is 14.4. The third kappa shape index (κ3) is 8.27.